The highest BCUT2D eigenvalue weighted by molar-refractivity contribution is 7.87. The normalized spacial score (nSPS) is 11.3. The summed E-state index contributed by atoms with van der Waals surface area (Å²) in [6.07, 6.45) is 1.43. The summed E-state index contributed by atoms with van der Waals surface area (Å²) in [5, 5.41) is 14.7. The molecule has 9 nitrogen and oxygen atoms in total. The smallest absolute Gasteiger partial charge is 0.339 e. The number of nitrogens with one attached hydrogen (secondary N) is 1. The molecule has 0 saturated heterocycles. The second-order valence-corrected chi connectivity index (χ2v) is 7.03. The molecule has 0 aliphatic rings. The van der Waals surface area contributed by atoms with Crippen LogP contribution in [0.5, 0.6) is 5.75 Å². The molecule has 11 heteroatoms. The fourth-order valence-corrected chi connectivity index (χ4v) is 2.90. The summed E-state index contributed by atoms with van der Waals surface area (Å²) in [5.74, 6) is 0.0488. The van der Waals surface area contributed by atoms with Crippen molar-refractivity contribution in [3.8, 4) is 5.75 Å². The number of nitro benzene ring substituents is 1. The van der Waals surface area contributed by atoms with Gasteiger partial charge in [-0.1, -0.05) is 6.07 Å². The largest absolute Gasteiger partial charge is 0.379 e. The van der Waals surface area contributed by atoms with Crippen molar-refractivity contribution < 1.29 is 17.5 Å². The summed E-state index contributed by atoms with van der Waals surface area (Å²) in [7, 11) is -4.21. The van der Waals surface area contributed by atoms with Gasteiger partial charge in [-0.05, 0) is 55.0 Å². The van der Waals surface area contributed by atoms with E-state index in [2.05, 4.69) is 22.7 Å². The van der Waals surface area contributed by atoms with Crippen LogP contribution in [-0.4, -0.2) is 24.7 Å². The van der Waals surface area contributed by atoms with E-state index in [9.17, 15) is 18.5 Å². The van der Waals surface area contributed by atoms with Crippen molar-refractivity contribution >= 4 is 39.4 Å². The Balaban J connectivity index is 2.19. The molecule has 0 bridgehead atoms. The Labute approximate surface area is 154 Å². The average molecular weight is 394 g/mol. The maximum absolute atomic E-state index is 12.3. The number of hydrazone groups is 1. The van der Waals surface area contributed by atoms with E-state index in [1.165, 1.54) is 37.4 Å². The molecular weight excluding hydrogens is 380 g/mol. The molecule has 0 heterocycles. The quantitative estimate of drug-likeness (QED) is 0.249. The van der Waals surface area contributed by atoms with Crippen molar-refractivity contribution in [1.82, 2.24) is 5.43 Å². The van der Waals surface area contributed by atoms with Gasteiger partial charge in [-0.3, -0.25) is 15.5 Å². The SMILES string of the molecule is Cc1ccc(S(=O)(=O)Oc2ccc(C=NNC(N)=S)cc2)cc1[N+](=O)[O-]. The zero-order valence-electron chi connectivity index (χ0n) is 13.4. The Morgan fingerprint density at radius 3 is 2.54 bits per heavy atom. The first kappa shape index (κ1) is 19.3. The lowest BCUT2D eigenvalue weighted by Gasteiger charge is -2.08. The number of nitrogens with two attached hydrogens (primary N) is 1. The summed E-state index contributed by atoms with van der Waals surface area (Å²) in [6.45, 7) is 1.52. The summed E-state index contributed by atoms with van der Waals surface area (Å²) in [4.78, 5) is 10.0. The van der Waals surface area contributed by atoms with Crippen molar-refractivity contribution in [2.24, 2.45) is 10.8 Å². The molecule has 2 rings (SSSR count). The van der Waals surface area contributed by atoms with Gasteiger partial charge in [0.1, 0.15) is 10.6 Å². The maximum atomic E-state index is 12.3. The van der Waals surface area contributed by atoms with Crippen LogP contribution in [0.25, 0.3) is 0 Å². The van der Waals surface area contributed by atoms with Crippen molar-refractivity contribution in [3.63, 3.8) is 0 Å². The molecule has 0 amide bonds. The van der Waals surface area contributed by atoms with Crippen LogP contribution in [0, 0.1) is 17.0 Å². The van der Waals surface area contributed by atoms with E-state index in [1.807, 2.05) is 0 Å². The van der Waals surface area contributed by atoms with Crippen LogP contribution in [0.1, 0.15) is 11.1 Å². The van der Waals surface area contributed by atoms with Crippen molar-refractivity contribution in [1.29, 1.82) is 0 Å². The van der Waals surface area contributed by atoms with E-state index < -0.39 is 15.0 Å². The highest BCUT2D eigenvalue weighted by Gasteiger charge is 2.21. The molecule has 2 aromatic rings. The van der Waals surface area contributed by atoms with Gasteiger partial charge in [-0.2, -0.15) is 13.5 Å². The monoisotopic (exact) mass is 394 g/mol. The fraction of sp³-hybridized carbons (Fsp3) is 0.0667. The maximum Gasteiger partial charge on any atom is 0.339 e. The molecule has 3 N–H and O–H groups in total. The first-order valence-corrected chi connectivity index (χ1v) is 8.89. The Morgan fingerprint density at radius 2 is 1.96 bits per heavy atom. The van der Waals surface area contributed by atoms with Gasteiger partial charge < -0.3 is 9.92 Å². The van der Waals surface area contributed by atoms with Gasteiger partial charge in [0.25, 0.3) is 5.69 Å². The van der Waals surface area contributed by atoms with E-state index in [4.69, 9.17) is 9.92 Å². The molecule has 26 heavy (non-hydrogen) atoms. The second-order valence-electron chi connectivity index (χ2n) is 5.05. The molecule has 0 saturated carbocycles. The zero-order chi connectivity index (χ0) is 19.3. The van der Waals surface area contributed by atoms with Crippen LogP contribution >= 0.6 is 12.2 Å². The first-order valence-electron chi connectivity index (χ1n) is 7.07. The minimum absolute atomic E-state index is 0.0134. The number of nitrogens with zero attached hydrogens (tertiary/aromatic N) is 2. The van der Waals surface area contributed by atoms with Crippen molar-refractivity contribution in [2.45, 2.75) is 11.8 Å². The van der Waals surface area contributed by atoms with E-state index in [1.54, 1.807) is 12.1 Å². The van der Waals surface area contributed by atoms with Crippen molar-refractivity contribution in [2.75, 3.05) is 0 Å². The van der Waals surface area contributed by atoms with E-state index >= 15 is 0 Å². The van der Waals surface area contributed by atoms with Gasteiger partial charge in [0.05, 0.1) is 11.1 Å². The number of aryl methyl sites for hydroxylation is 1. The van der Waals surface area contributed by atoms with Gasteiger partial charge >= 0.3 is 10.1 Å². The lowest BCUT2D eigenvalue weighted by molar-refractivity contribution is -0.385. The molecule has 0 fully saturated rings. The Bertz CT molecular complexity index is 972. The van der Waals surface area contributed by atoms with E-state index in [-0.39, 0.29) is 21.4 Å². The molecule has 136 valence electrons. The van der Waals surface area contributed by atoms with Gasteiger partial charge in [-0.25, -0.2) is 0 Å². The summed E-state index contributed by atoms with van der Waals surface area (Å²) < 4.78 is 29.6. The number of thiocarbonyl (C=S) groups is 1. The minimum atomic E-state index is -4.21. The third-order valence-corrected chi connectivity index (χ3v) is 4.47. The molecular formula is C15H14N4O5S2. The Kier molecular flexibility index (Phi) is 5.85. The van der Waals surface area contributed by atoms with Crippen LogP contribution in [0.4, 0.5) is 5.69 Å². The van der Waals surface area contributed by atoms with Gasteiger partial charge in [0, 0.05) is 11.6 Å². The first-order chi connectivity index (χ1) is 12.2. The fourth-order valence-electron chi connectivity index (χ4n) is 1.90. The average Bonchev–Trinajstić information content (AvgIpc) is 2.56. The van der Waals surface area contributed by atoms with Crippen molar-refractivity contribution in [3.05, 3.63) is 63.7 Å². The third kappa shape index (κ3) is 4.97. The summed E-state index contributed by atoms with van der Waals surface area (Å²) in [5.41, 5.74) is 8.30. The van der Waals surface area contributed by atoms with Crippen LogP contribution in [0.2, 0.25) is 0 Å². The number of benzene rings is 2. The van der Waals surface area contributed by atoms with Gasteiger partial charge in [0.2, 0.25) is 0 Å². The number of hydrogen-bond donors (Lipinski definition) is 2. The Hall–Kier alpha value is -3.05. The second kappa shape index (κ2) is 7.89. The number of nitro groups is 1. The molecule has 0 spiro atoms. The highest BCUT2D eigenvalue weighted by atomic mass is 32.2. The zero-order valence-corrected chi connectivity index (χ0v) is 15.1. The molecule has 0 atom stereocenters. The van der Waals surface area contributed by atoms with E-state index in [0.29, 0.717) is 11.1 Å². The van der Waals surface area contributed by atoms with Crippen LogP contribution in [0.3, 0.4) is 0 Å². The summed E-state index contributed by atoms with van der Waals surface area (Å²) in [6, 6.07) is 9.53. The van der Waals surface area contributed by atoms with Gasteiger partial charge in [-0.15, -0.1) is 0 Å². The van der Waals surface area contributed by atoms with E-state index in [0.717, 1.165) is 6.07 Å². The molecule has 2 aromatic carbocycles. The summed E-state index contributed by atoms with van der Waals surface area (Å²) >= 11 is 4.60. The molecule has 0 radical (unpaired) electrons. The minimum Gasteiger partial charge on any atom is -0.379 e. The Morgan fingerprint density at radius 1 is 1.31 bits per heavy atom. The van der Waals surface area contributed by atoms with Gasteiger partial charge in [0.15, 0.2) is 5.11 Å². The molecule has 0 unspecified atom stereocenters. The highest BCUT2D eigenvalue weighted by Crippen LogP contribution is 2.25. The lowest BCUT2D eigenvalue weighted by Crippen LogP contribution is -2.23. The van der Waals surface area contributed by atoms with Crippen LogP contribution < -0.4 is 15.3 Å². The third-order valence-electron chi connectivity index (χ3n) is 3.14. The number of rotatable bonds is 6. The topological polar surface area (TPSA) is 137 Å². The molecule has 0 aliphatic heterocycles. The van der Waals surface area contributed by atoms with Crippen LogP contribution in [-0.2, 0) is 10.1 Å². The number of hydrogen-bond acceptors (Lipinski definition) is 7. The predicted molar refractivity (Wildman–Crippen MR) is 99.6 cm³/mol. The van der Waals surface area contributed by atoms with Crippen LogP contribution in [0.15, 0.2) is 52.5 Å². The molecule has 0 aliphatic carbocycles. The standard InChI is InChI=1S/C15H14N4O5S2/c1-10-2-7-13(8-14(10)19(20)21)26(22,23)24-12-5-3-11(4-6-12)9-17-18-15(16)25/h2-9H,1H3,(H3,16,18,25). The predicted octanol–water partition coefficient (Wildman–Crippen LogP) is 1.84. The molecule has 0 aromatic heterocycles. The lowest BCUT2D eigenvalue weighted by atomic mass is 10.2.